The molecule has 0 aliphatic carbocycles. The van der Waals surface area contributed by atoms with Gasteiger partial charge >= 0.3 is 0 Å². The number of nitrogens with zero attached hydrogens (tertiary/aromatic N) is 2. The molecule has 154 valence electrons. The summed E-state index contributed by atoms with van der Waals surface area (Å²) in [6.07, 6.45) is 7.54. The first-order valence-electron chi connectivity index (χ1n) is 9.48. The number of guanidine groups is 1. The van der Waals surface area contributed by atoms with E-state index < -0.39 is 0 Å². The molecule has 0 radical (unpaired) electrons. The molecule has 1 aromatic carbocycles. The van der Waals surface area contributed by atoms with Crippen LogP contribution in [-0.2, 0) is 11.3 Å². The van der Waals surface area contributed by atoms with E-state index >= 15 is 0 Å². The summed E-state index contributed by atoms with van der Waals surface area (Å²) >= 11 is 0. The number of ether oxygens (including phenoxy) is 1. The van der Waals surface area contributed by atoms with Crippen LogP contribution in [0.5, 0.6) is 5.75 Å². The fraction of sp³-hybridized carbons (Fsp3) is 0.600. The van der Waals surface area contributed by atoms with Gasteiger partial charge in [0, 0.05) is 20.6 Å². The first-order valence-corrected chi connectivity index (χ1v) is 9.48. The average Bonchev–Trinajstić information content (AvgIpc) is 2.64. The van der Waals surface area contributed by atoms with Crippen molar-refractivity contribution in [1.29, 1.82) is 0 Å². The fourth-order valence-corrected chi connectivity index (χ4v) is 2.36. The monoisotopic (exact) mass is 490 g/mol. The van der Waals surface area contributed by atoms with E-state index in [2.05, 4.69) is 17.2 Å². The Morgan fingerprint density at radius 1 is 1.19 bits per heavy atom. The minimum absolute atomic E-state index is 0. The van der Waals surface area contributed by atoms with E-state index in [0.717, 1.165) is 18.5 Å². The Bertz CT molecular complexity index is 565. The number of unbranched alkanes of at least 4 members (excludes halogenated alkanes) is 5. The Balaban J connectivity index is 0.00000676. The van der Waals surface area contributed by atoms with Gasteiger partial charge in [-0.15, -0.1) is 24.0 Å². The molecule has 27 heavy (non-hydrogen) atoms. The second kappa shape index (κ2) is 15.5. The van der Waals surface area contributed by atoms with Crippen molar-refractivity contribution in [3.05, 3.63) is 29.8 Å². The van der Waals surface area contributed by atoms with Crippen LogP contribution >= 0.6 is 24.0 Å². The topological polar surface area (TPSA) is 80.0 Å². The number of halogens is 1. The van der Waals surface area contributed by atoms with Gasteiger partial charge in [0.2, 0.25) is 0 Å². The summed E-state index contributed by atoms with van der Waals surface area (Å²) in [4.78, 5) is 17.4. The molecule has 6 nitrogen and oxygen atoms in total. The van der Waals surface area contributed by atoms with E-state index in [0.29, 0.717) is 18.3 Å². The average molecular weight is 490 g/mol. The highest BCUT2D eigenvalue weighted by Crippen LogP contribution is 2.14. The van der Waals surface area contributed by atoms with Gasteiger partial charge in [0.1, 0.15) is 5.75 Å². The molecule has 1 rings (SSSR count). The predicted molar refractivity (Wildman–Crippen MR) is 123 cm³/mol. The van der Waals surface area contributed by atoms with Crippen molar-refractivity contribution < 1.29 is 9.53 Å². The molecule has 0 aromatic heterocycles. The normalized spacial score (nSPS) is 10.9. The lowest BCUT2D eigenvalue weighted by Gasteiger charge is -2.11. The smallest absolute Gasteiger partial charge is 0.259 e. The number of benzene rings is 1. The highest BCUT2D eigenvalue weighted by Gasteiger charge is 2.05. The Morgan fingerprint density at radius 2 is 1.89 bits per heavy atom. The molecular weight excluding hydrogens is 455 g/mol. The van der Waals surface area contributed by atoms with Crippen molar-refractivity contribution in [2.45, 2.75) is 52.0 Å². The van der Waals surface area contributed by atoms with E-state index in [4.69, 9.17) is 10.5 Å². The quantitative estimate of drug-likeness (QED) is 0.203. The largest absolute Gasteiger partial charge is 0.484 e. The van der Waals surface area contributed by atoms with Crippen LogP contribution in [0.3, 0.4) is 0 Å². The predicted octanol–water partition coefficient (Wildman–Crippen LogP) is 3.54. The van der Waals surface area contributed by atoms with Crippen molar-refractivity contribution in [3.8, 4) is 5.75 Å². The van der Waals surface area contributed by atoms with Gasteiger partial charge in [-0.25, -0.2) is 4.99 Å². The fourth-order valence-electron chi connectivity index (χ4n) is 2.36. The van der Waals surface area contributed by atoms with Gasteiger partial charge in [-0.1, -0.05) is 51.2 Å². The van der Waals surface area contributed by atoms with Crippen LogP contribution in [-0.4, -0.2) is 44.0 Å². The van der Waals surface area contributed by atoms with E-state index in [1.54, 1.807) is 14.1 Å². The van der Waals surface area contributed by atoms with Crippen molar-refractivity contribution in [2.75, 3.05) is 27.2 Å². The summed E-state index contributed by atoms with van der Waals surface area (Å²) in [5.74, 6) is 1.05. The van der Waals surface area contributed by atoms with Crippen LogP contribution in [0.1, 0.15) is 51.0 Å². The van der Waals surface area contributed by atoms with Gasteiger partial charge in [0.25, 0.3) is 5.91 Å². The Hall–Kier alpha value is -1.51. The summed E-state index contributed by atoms with van der Waals surface area (Å²) in [6.45, 7) is 3.59. The standard InChI is InChI=1S/C20H34N4O2.HI/c1-4-5-6-7-8-9-13-22-20(21)23-15-17-11-10-12-18(14-17)26-16-19(25)24(2)3;/h10-12,14H,4-9,13,15-16H2,1-3H3,(H3,21,22,23);1H. The van der Waals surface area contributed by atoms with Crippen LogP contribution in [0.25, 0.3) is 0 Å². The minimum Gasteiger partial charge on any atom is -0.484 e. The van der Waals surface area contributed by atoms with Gasteiger partial charge in [-0.3, -0.25) is 4.79 Å². The van der Waals surface area contributed by atoms with Crippen LogP contribution in [0.4, 0.5) is 0 Å². The minimum atomic E-state index is -0.0726. The molecule has 0 spiro atoms. The maximum atomic E-state index is 11.6. The molecule has 1 amide bonds. The molecule has 0 unspecified atom stereocenters. The summed E-state index contributed by atoms with van der Waals surface area (Å²) < 4.78 is 5.51. The number of carbonyl (C=O) groups excluding carboxylic acids is 1. The van der Waals surface area contributed by atoms with E-state index in [9.17, 15) is 4.79 Å². The van der Waals surface area contributed by atoms with Gasteiger partial charge in [-0.05, 0) is 24.1 Å². The molecule has 0 aliphatic heterocycles. The molecular formula is C20H35IN4O2. The van der Waals surface area contributed by atoms with Gasteiger partial charge in [-0.2, -0.15) is 0 Å². The van der Waals surface area contributed by atoms with Crippen molar-refractivity contribution in [1.82, 2.24) is 10.2 Å². The molecule has 0 bridgehead atoms. The molecule has 0 saturated heterocycles. The van der Waals surface area contributed by atoms with E-state index in [1.165, 1.54) is 37.0 Å². The number of aliphatic imine (C=N–C) groups is 1. The third-order valence-electron chi connectivity index (χ3n) is 4.03. The zero-order valence-corrected chi connectivity index (χ0v) is 19.2. The highest BCUT2D eigenvalue weighted by atomic mass is 127. The first-order chi connectivity index (χ1) is 12.5. The van der Waals surface area contributed by atoms with Crippen LogP contribution in [0.15, 0.2) is 29.3 Å². The van der Waals surface area contributed by atoms with Gasteiger partial charge < -0.3 is 20.7 Å². The van der Waals surface area contributed by atoms with E-state index in [1.807, 2.05) is 24.3 Å². The van der Waals surface area contributed by atoms with Gasteiger partial charge in [0.15, 0.2) is 12.6 Å². The molecule has 3 N–H and O–H groups in total. The molecule has 1 aromatic rings. The van der Waals surface area contributed by atoms with Crippen molar-refractivity contribution >= 4 is 35.8 Å². The number of hydrogen-bond acceptors (Lipinski definition) is 3. The summed E-state index contributed by atoms with van der Waals surface area (Å²) in [5, 5.41) is 3.16. The second-order valence-electron chi connectivity index (χ2n) is 6.62. The maximum absolute atomic E-state index is 11.6. The summed E-state index contributed by atoms with van der Waals surface area (Å²) in [7, 11) is 3.41. The molecule has 0 fully saturated rings. The molecule has 0 aliphatic rings. The molecule has 0 atom stereocenters. The molecule has 7 heteroatoms. The second-order valence-corrected chi connectivity index (χ2v) is 6.62. The Labute approximate surface area is 181 Å². The number of amides is 1. The summed E-state index contributed by atoms with van der Waals surface area (Å²) in [5.41, 5.74) is 6.90. The lowest BCUT2D eigenvalue weighted by atomic mass is 10.1. The lowest BCUT2D eigenvalue weighted by molar-refractivity contribution is -0.130. The van der Waals surface area contributed by atoms with Crippen LogP contribution < -0.4 is 15.8 Å². The third kappa shape index (κ3) is 12.5. The lowest BCUT2D eigenvalue weighted by Crippen LogP contribution is -2.32. The maximum Gasteiger partial charge on any atom is 0.259 e. The Morgan fingerprint density at radius 3 is 2.59 bits per heavy atom. The first kappa shape index (κ1) is 25.5. The summed E-state index contributed by atoms with van der Waals surface area (Å²) in [6, 6.07) is 7.56. The number of likely N-dealkylation sites (N-methyl/N-ethyl adjacent to an activating group) is 1. The highest BCUT2D eigenvalue weighted by molar-refractivity contribution is 14.0. The van der Waals surface area contributed by atoms with Crippen molar-refractivity contribution in [2.24, 2.45) is 10.7 Å². The number of carbonyl (C=O) groups is 1. The van der Waals surface area contributed by atoms with Crippen LogP contribution in [0.2, 0.25) is 0 Å². The number of nitrogens with two attached hydrogens (primary N) is 1. The van der Waals surface area contributed by atoms with E-state index in [-0.39, 0.29) is 36.5 Å². The van der Waals surface area contributed by atoms with Crippen molar-refractivity contribution in [3.63, 3.8) is 0 Å². The van der Waals surface area contributed by atoms with Crippen LogP contribution in [0, 0.1) is 0 Å². The molecule has 0 saturated carbocycles. The molecule has 0 heterocycles. The SMILES string of the molecule is CCCCCCCCNC(N)=NCc1cccc(OCC(=O)N(C)C)c1.I. The van der Waals surface area contributed by atoms with Gasteiger partial charge in [0.05, 0.1) is 6.54 Å². The number of nitrogens with one attached hydrogen (secondary N) is 1. The number of rotatable bonds is 12. The number of hydrogen-bond donors (Lipinski definition) is 2. The Kier molecular flexibility index (Phi) is 14.7. The zero-order valence-electron chi connectivity index (χ0n) is 16.9. The third-order valence-corrected chi connectivity index (χ3v) is 4.03. The zero-order chi connectivity index (χ0) is 19.2.